The summed E-state index contributed by atoms with van der Waals surface area (Å²) in [6, 6.07) is 5.82. The number of nitrogens with one attached hydrogen (secondary N) is 1. The van der Waals surface area contributed by atoms with Gasteiger partial charge in [0.2, 0.25) is 0 Å². The summed E-state index contributed by atoms with van der Waals surface area (Å²) in [6.07, 6.45) is 0.533. The molecule has 2 N–H and O–H groups in total. The largest absolute Gasteiger partial charge is 0.486 e. The Bertz CT molecular complexity index is 592. The number of hydrogen-bond acceptors (Lipinski definition) is 4. The van der Waals surface area contributed by atoms with Crippen LogP contribution in [0.25, 0.3) is 11.3 Å². The number of fused-ring (bicyclic) bond motifs is 1. The van der Waals surface area contributed by atoms with Crippen molar-refractivity contribution < 1.29 is 14.6 Å². The van der Waals surface area contributed by atoms with Gasteiger partial charge in [-0.05, 0) is 25.1 Å². The van der Waals surface area contributed by atoms with E-state index >= 15 is 0 Å². The number of ether oxygens (including phenoxy) is 2. The number of aliphatic hydroxyl groups excluding tert-OH is 1. The number of rotatable bonds is 3. The molecule has 0 aliphatic carbocycles. The molecular weight excluding hydrogens is 244 g/mol. The predicted octanol–water partition coefficient (Wildman–Crippen LogP) is 1.69. The van der Waals surface area contributed by atoms with E-state index in [0.29, 0.717) is 19.6 Å². The van der Waals surface area contributed by atoms with Crippen LogP contribution in [0, 0.1) is 6.92 Å². The zero-order valence-corrected chi connectivity index (χ0v) is 10.8. The molecule has 1 aliphatic heterocycles. The average molecular weight is 260 g/mol. The normalized spacial score (nSPS) is 13.6. The van der Waals surface area contributed by atoms with Gasteiger partial charge in [-0.3, -0.25) is 0 Å². The predicted molar refractivity (Wildman–Crippen MR) is 70.5 cm³/mol. The van der Waals surface area contributed by atoms with Gasteiger partial charge in [0.05, 0.1) is 12.3 Å². The molecule has 100 valence electrons. The van der Waals surface area contributed by atoms with Crippen LogP contribution in [-0.4, -0.2) is 34.9 Å². The SMILES string of the molecule is Cc1[nH]c(CCO)nc1-c1ccc2c(c1)OCCO2. The third-order valence-electron chi connectivity index (χ3n) is 3.10. The number of benzene rings is 1. The van der Waals surface area contributed by atoms with Crippen molar-refractivity contribution in [2.75, 3.05) is 19.8 Å². The third-order valence-corrected chi connectivity index (χ3v) is 3.10. The van der Waals surface area contributed by atoms with Crippen molar-refractivity contribution in [1.29, 1.82) is 0 Å². The second-order valence-corrected chi connectivity index (χ2v) is 4.49. The van der Waals surface area contributed by atoms with E-state index in [1.165, 1.54) is 0 Å². The molecule has 0 saturated heterocycles. The molecule has 0 fully saturated rings. The summed E-state index contributed by atoms with van der Waals surface area (Å²) in [5.74, 6) is 2.33. The third kappa shape index (κ3) is 2.29. The van der Waals surface area contributed by atoms with E-state index in [9.17, 15) is 0 Å². The second kappa shape index (κ2) is 4.93. The maximum atomic E-state index is 8.95. The lowest BCUT2D eigenvalue weighted by atomic mass is 10.1. The first-order chi connectivity index (χ1) is 9.28. The van der Waals surface area contributed by atoms with Gasteiger partial charge in [0.25, 0.3) is 0 Å². The molecule has 0 saturated carbocycles. The van der Waals surface area contributed by atoms with E-state index in [1.54, 1.807) is 0 Å². The van der Waals surface area contributed by atoms with Gasteiger partial charge in [0.15, 0.2) is 11.5 Å². The van der Waals surface area contributed by atoms with Gasteiger partial charge in [0, 0.05) is 17.7 Å². The Morgan fingerprint density at radius 2 is 2.05 bits per heavy atom. The highest BCUT2D eigenvalue weighted by molar-refractivity contribution is 5.66. The van der Waals surface area contributed by atoms with Gasteiger partial charge in [-0.2, -0.15) is 0 Å². The molecule has 5 heteroatoms. The van der Waals surface area contributed by atoms with E-state index < -0.39 is 0 Å². The Morgan fingerprint density at radius 3 is 2.84 bits per heavy atom. The highest BCUT2D eigenvalue weighted by Crippen LogP contribution is 2.34. The van der Waals surface area contributed by atoms with E-state index in [1.807, 2.05) is 25.1 Å². The lowest BCUT2D eigenvalue weighted by molar-refractivity contribution is 0.171. The van der Waals surface area contributed by atoms with Crippen LogP contribution in [0.3, 0.4) is 0 Å². The highest BCUT2D eigenvalue weighted by atomic mass is 16.6. The van der Waals surface area contributed by atoms with Crippen LogP contribution in [0.1, 0.15) is 11.5 Å². The lowest BCUT2D eigenvalue weighted by Gasteiger charge is -2.18. The van der Waals surface area contributed by atoms with Crippen LogP contribution >= 0.6 is 0 Å². The quantitative estimate of drug-likeness (QED) is 0.881. The Hall–Kier alpha value is -2.01. The summed E-state index contributed by atoms with van der Waals surface area (Å²) >= 11 is 0. The fraction of sp³-hybridized carbons (Fsp3) is 0.357. The first-order valence-corrected chi connectivity index (χ1v) is 6.34. The van der Waals surface area contributed by atoms with E-state index in [4.69, 9.17) is 14.6 Å². The van der Waals surface area contributed by atoms with Gasteiger partial charge in [-0.25, -0.2) is 4.98 Å². The van der Waals surface area contributed by atoms with E-state index in [2.05, 4.69) is 9.97 Å². The Balaban J connectivity index is 1.97. The minimum Gasteiger partial charge on any atom is -0.486 e. The van der Waals surface area contributed by atoms with Crippen molar-refractivity contribution in [2.45, 2.75) is 13.3 Å². The molecular formula is C14H16N2O3. The molecule has 0 unspecified atom stereocenters. The minimum absolute atomic E-state index is 0.0908. The molecule has 0 atom stereocenters. The number of H-pyrrole nitrogens is 1. The zero-order valence-electron chi connectivity index (χ0n) is 10.8. The molecule has 2 aromatic rings. The number of aryl methyl sites for hydroxylation is 1. The smallest absolute Gasteiger partial charge is 0.162 e. The monoisotopic (exact) mass is 260 g/mol. The van der Waals surface area contributed by atoms with Gasteiger partial charge < -0.3 is 19.6 Å². The van der Waals surface area contributed by atoms with E-state index in [0.717, 1.165) is 34.3 Å². The molecule has 19 heavy (non-hydrogen) atoms. The number of nitrogens with zero attached hydrogens (tertiary/aromatic N) is 1. The van der Waals surface area contributed by atoms with Crippen molar-refractivity contribution in [3.8, 4) is 22.8 Å². The van der Waals surface area contributed by atoms with Crippen molar-refractivity contribution in [3.63, 3.8) is 0 Å². The fourth-order valence-corrected chi connectivity index (χ4v) is 2.22. The maximum Gasteiger partial charge on any atom is 0.162 e. The molecule has 0 amide bonds. The van der Waals surface area contributed by atoms with Crippen LogP contribution in [0.5, 0.6) is 11.5 Å². The summed E-state index contributed by atoms with van der Waals surface area (Å²) in [5.41, 5.74) is 2.86. The first kappa shape index (κ1) is 12.0. The van der Waals surface area contributed by atoms with Crippen molar-refractivity contribution in [3.05, 3.63) is 29.7 Å². The maximum absolute atomic E-state index is 8.95. The number of hydrogen-bond donors (Lipinski definition) is 2. The molecule has 0 radical (unpaired) electrons. The van der Waals surface area contributed by atoms with Crippen LogP contribution in [0.4, 0.5) is 0 Å². The molecule has 3 rings (SSSR count). The Labute approximate surface area is 111 Å². The fourth-order valence-electron chi connectivity index (χ4n) is 2.22. The van der Waals surface area contributed by atoms with Gasteiger partial charge in [0.1, 0.15) is 19.0 Å². The summed E-state index contributed by atoms with van der Waals surface area (Å²) < 4.78 is 11.1. The molecule has 2 heterocycles. The molecule has 0 bridgehead atoms. The van der Waals surface area contributed by atoms with Crippen LogP contribution in [0.15, 0.2) is 18.2 Å². The lowest BCUT2D eigenvalue weighted by Crippen LogP contribution is -2.15. The van der Waals surface area contributed by atoms with Crippen molar-refractivity contribution >= 4 is 0 Å². The molecule has 1 aromatic heterocycles. The number of imidazole rings is 1. The summed E-state index contributed by atoms with van der Waals surface area (Å²) in [6.45, 7) is 3.23. The summed E-state index contributed by atoms with van der Waals surface area (Å²) in [4.78, 5) is 7.69. The summed E-state index contributed by atoms with van der Waals surface area (Å²) in [7, 11) is 0. The molecule has 0 spiro atoms. The number of aliphatic hydroxyl groups is 1. The highest BCUT2D eigenvalue weighted by Gasteiger charge is 2.15. The van der Waals surface area contributed by atoms with Crippen LogP contribution < -0.4 is 9.47 Å². The van der Waals surface area contributed by atoms with Crippen LogP contribution in [-0.2, 0) is 6.42 Å². The minimum atomic E-state index is 0.0908. The van der Waals surface area contributed by atoms with Gasteiger partial charge in [-0.15, -0.1) is 0 Å². The van der Waals surface area contributed by atoms with Gasteiger partial charge >= 0.3 is 0 Å². The molecule has 5 nitrogen and oxygen atoms in total. The van der Waals surface area contributed by atoms with E-state index in [-0.39, 0.29) is 6.61 Å². The molecule has 1 aromatic carbocycles. The Morgan fingerprint density at radius 1 is 1.26 bits per heavy atom. The van der Waals surface area contributed by atoms with Crippen molar-refractivity contribution in [2.24, 2.45) is 0 Å². The average Bonchev–Trinajstić information content (AvgIpc) is 2.79. The Kier molecular flexibility index (Phi) is 3.13. The first-order valence-electron chi connectivity index (χ1n) is 6.34. The summed E-state index contributed by atoms with van der Waals surface area (Å²) in [5, 5.41) is 8.95. The number of aromatic nitrogens is 2. The topological polar surface area (TPSA) is 67.4 Å². The van der Waals surface area contributed by atoms with Gasteiger partial charge in [-0.1, -0.05) is 0 Å². The standard InChI is InChI=1S/C14H16N2O3/c1-9-14(16-13(15-9)4-5-17)10-2-3-11-12(8-10)19-7-6-18-11/h2-3,8,17H,4-7H2,1H3,(H,15,16). The molecule has 1 aliphatic rings. The van der Waals surface area contributed by atoms with Crippen LogP contribution in [0.2, 0.25) is 0 Å². The number of aromatic amines is 1. The zero-order chi connectivity index (χ0) is 13.2. The van der Waals surface area contributed by atoms with Crippen molar-refractivity contribution in [1.82, 2.24) is 9.97 Å². The second-order valence-electron chi connectivity index (χ2n) is 4.49.